The zero-order chi connectivity index (χ0) is 12.1. The van der Waals surface area contributed by atoms with E-state index in [0.717, 1.165) is 12.1 Å². The molecule has 1 N–H and O–H groups in total. The topological polar surface area (TPSA) is 38.3 Å². The van der Waals surface area contributed by atoms with E-state index in [4.69, 9.17) is 0 Å². The van der Waals surface area contributed by atoms with Crippen molar-refractivity contribution in [2.75, 3.05) is 14.2 Å². The molecule has 0 spiro atoms. The molecule has 0 aliphatic carbocycles. The number of carbonyl (C=O) groups excluding carboxylic acids is 1. The second-order valence-electron chi connectivity index (χ2n) is 3.26. The number of carbonyl (C=O) groups is 1. The summed E-state index contributed by atoms with van der Waals surface area (Å²) in [5, 5.41) is 2.68. The first-order valence-corrected chi connectivity index (χ1v) is 4.78. The molecule has 1 rings (SSSR count). The lowest BCUT2D eigenvalue weighted by Gasteiger charge is -2.16. The van der Waals surface area contributed by atoms with Crippen LogP contribution >= 0.6 is 0 Å². The fraction of sp³-hybridized carbons (Fsp3) is 0.364. The monoisotopic (exact) mass is 229 g/mol. The smallest absolute Gasteiger partial charge is 0.307 e. The molecule has 1 aromatic rings. The summed E-state index contributed by atoms with van der Waals surface area (Å²) in [6, 6.07) is 2.85. The number of ether oxygens (including phenoxy) is 1. The molecular formula is C11H13F2NO2. The van der Waals surface area contributed by atoms with Gasteiger partial charge in [-0.25, -0.2) is 8.78 Å². The number of rotatable bonds is 4. The maximum absolute atomic E-state index is 13.4. The summed E-state index contributed by atoms with van der Waals surface area (Å²) in [7, 11) is 2.76. The normalized spacial score (nSPS) is 12.2. The zero-order valence-corrected chi connectivity index (χ0v) is 9.09. The van der Waals surface area contributed by atoms with Crippen LogP contribution in [0.4, 0.5) is 8.78 Å². The van der Waals surface area contributed by atoms with Crippen molar-refractivity contribution in [1.29, 1.82) is 0 Å². The van der Waals surface area contributed by atoms with E-state index in [9.17, 15) is 13.6 Å². The number of benzene rings is 1. The number of esters is 1. The summed E-state index contributed by atoms with van der Waals surface area (Å²) in [6.07, 6.45) is -0.120. The molecule has 0 aromatic heterocycles. The molecule has 1 unspecified atom stereocenters. The van der Waals surface area contributed by atoms with Crippen LogP contribution in [0.5, 0.6) is 0 Å². The van der Waals surface area contributed by atoms with E-state index in [1.54, 1.807) is 0 Å². The van der Waals surface area contributed by atoms with Crippen LogP contribution in [-0.4, -0.2) is 20.1 Å². The molecule has 0 fully saturated rings. The van der Waals surface area contributed by atoms with Gasteiger partial charge in [0, 0.05) is 11.6 Å². The van der Waals surface area contributed by atoms with Gasteiger partial charge in [-0.05, 0) is 19.2 Å². The average Bonchev–Trinajstić information content (AvgIpc) is 2.27. The summed E-state index contributed by atoms with van der Waals surface area (Å²) in [4.78, 5) is 11.1. The SMILES string of the molecule is CNC(CC(=O)OC)c1c(F)cccc1F. The van der Waals surface area contributed by atoms with Crippen molar-refractivity contribution in [1.82, 2.24) is 5.32 Å². The van der Waals surface area contributed by atoms with Crippen LogP contribution in [-0.2, 0) is 9.53 Å². The molecule has 0 amide bonds. The highest BCUT2D eigenvalue weighted by atomic mass is 19.1. The number of nitrogens with one attached hydrogen (secondary N) is 1. The first-order valence-electron chi connectivity index (χ1n) is 4.78. The molecule has 0 saturated carbocycles. The lowest BCUT2D eigenvalue weighted by Crippen LogP contribution is -2.22. The lowest BCUT2D eigenvalue weighted by molar-refractivity contribution is -0.141. The van der Waals surface area contributed by atoms with Crippen molar-refractivity contribution < 1.29 is 18.3 Å². The van der Waals surface area contributed by atoms with Crippen molar-refractivity contribution in [2.24, 2.45) is 0 Å². The van der Waals surface area contributed by atoms with Gasteiger partial charge in [0.05, 0.1) is 13.5 Å². The number of hydrogen-bond acceptors (Lipinski definition) is 3. The summed E-state index contributed by atoms with van der Waals surface area (Å²) >= 11 is 0. The summed E-state index contributed by atoms with van der Waals surface area (Å²) in [5.74, 6) is -1.88. The second-order valence-corrected chi connectivity index (χ2v) is 3.26. The third-order valence-electron chi connectivity index (χ3n) is 2.30. The van der Waals surface area contributed by atoms with E-state index in [2.05, 4.69) is 10.1 Å². The third kappa shape index (κ3) is 2.76. The quantitative estimate of drug-likeness (QED) is 0.800. The minimum absolute atomic E-state index is 0.120. The fourth-order valence-corrected chi connectivity index (χ4v) is 1.44. The van der Waals surface area contributed by atoms with Gasteiger partial charge in [-0.15, -0.1) is 0 Å². The van der Waals surface area contributed by atoms with E-state index in [1.807, 2.05) is 0 Å². The van der Waals surface area contributed by atoms with Gasteiger partial charge < -0.3 is 10.1 Å². The van der Waals surface area contributed by atoms with Gasteiger partial charge in [-0.1, -0.05) is 6.07 Å². The largest absolute Gasteiger partial charge is 0.469 e. The Hall–Kier alpha value is -1.49. The Balaban J connectivity index is 2.99. The predicted molar refractivity (Wildman–Crippen MR) is 54.8 cm³/mol. The van der Waals surface area contributed by atoms with E-state index >= 15 is 0 Å². The highest BCUT2D eigenvalue weighted by Gasteiger charge is 2.21. The number of hydrogen-bond donors (Lipinski definition) is 1. The predicted octanol–water partition coefficient (Wildman–Crippen LogP) is 1.79. The molecule has 3 nitrogen and oxygen atoms in total. The zero-order valence-electron chi connectivity index (χ0n) is 9.09. The Morgan fingerprint density at radius 2 is 2.00 bits per heavy atom. The van der Waals surface area contributed by atoms with E-state index in [1.165, 1.54) is 20.2 Å². The van der Waals surface area contributed by atoms with Gasteiger partial charge in [0.2, 0.25) is 0 Å². The van der Waals surface area contributed by atoms with Gasteiger partial charge in [-0.2, -0.15) is 0 Å². The minimum atomic E-state index is -0.728. The van der Waals surface area contributed by atoms with Crippen molar-refractivity contribution in [2.45, 2.75) is 12.5 Å². The highest BCUT2D eigenvalue weighted by Crippen LogP contribution is 2.23. The molecule has 0 heterocycles. The van der Waals surface area contributed by atoms with Gasteiger partial charge in [-0.3, -0.25) is 4.79 Å². The van der Waals surface area contributed by atoms with Crippen LogP contribution in [0.25, 0.3) is 0 Å². The molecule has 16 heavy (non-hydrogen) atoms. The van der Waals surface area contributed by atoms with Crippen molar-refractivity contribution in [3.05, 3.63) is 35.4 Å². The third-order valence-corrected chi connectivity index (χ3v) is 2.30. The Morgan fingerprint density at radius 1 is 1.44 bits per heavy atom. The van der Waals surface area contributed by atoms with E-state index in [0.29, 0.717) is 0 Å². The lowest BCUT2D eigenvalue weighted by atomic mass is 10.0. The Bertz CT molecular complexity index is 362. The standard InChI is InChI=1S/C11H13F2NO2/c1-14-9(6-10(15)16-2)11-7(12)4-3-5-8(11)13/h3-5,9,14H,6H2,1-2H3. The maximum Gasteiger partial charge on any atom is 0.307 e. The first kappa shape index (κ1) is 12.6. The molecule has 5 heteroatoms. The molecule has 0 bridgehead atoms. The van der Waals surface area contributed by atoms with Crippen LogP contribution in [0, 0.1) is 11.6 Å². The first-order chi connectivity index (χ1) is 7.60. The Morgan fingerprint density at radius 3 is 2.44 bits per heavy atom. The fourth-order valence-electron chi connectivity index (χ4n) is 1.44. The molecular weight excluding hydrogens is 216 g/mol. The van der Waals surface area contributed by atoms with Crippen LogP contribution in [0.1, 0.15) is 18.0 Å². The second kappa shape index (κ2) is 5.55. The summed E-state index contributed by atoms with van der Waals surface area (Å²) < 4.78 is 31.3. The van der Waals surface area contributed by atoms with Crippen LogP contribution < -0.4 is 5.32 Å². The molecule has 1 atom stereocenters. The van der Waals surface area contributed by atoms with Crippen LogP contribution in [0.3, 0.4) is 0 Å². The van der Waals surface area contributed by atoms with E-state index < -0.39 is 23.6 Å². The molecule has 0 aliphatic rings. The molecule has 1 aromatic carbocycles. The van der Waals surface area contributed by atoms with Gasteiger partial charge in [0.1, 0.15) is 11.6 Å². The van der Waals surface area contributed by atoms with Gasteiger partial charge in [0.25, 0.3) is 0 Å². The summed E-state index contributed by atoms with van der Waals surface area (Å²) in [5.41, 5.74) is -0.143. The van der Waals surface area contributed by atoms with Crippen molar-refractivity contribution in [3.8, 4) is 0 Å². The maximum atomic E-state index is 13.4. The van der Waals surface area contributed by atoms with Crippen LogP contribution in [0.2, 0.25) is 0 Å². The highest BCUT2D eigenvalue weighted by molar-refractivity contribution is 5.70. The van der Waals surface area contributed by atoms with Gasteiger partial charge >= 0.3 is 5.97 Å². The molecule has 0 aliphatic heterocycles. The molecule has 0 radical (unpaired) electrons. The molecule has 88 valence electrons. The van der Waals surface area contributed by atoms with Crippen molar-refractivity contribution in [3.63, 3.8) is 0 Å². The Labute approximate surface area is 92.4 Å². The van der Waals surface area contributed by atoms with E-state index in [-0.39, 0.29) is 12.0 Å². The number of halogens is 2. The van der Waals surface area contributed by atoms with Crippen LogP contribution in [0.15, 0.2) is 18.2 Å². The number of methoxy groups -OCH3 is 1. The Kier molecular flexibility index (Phi) is 4.37. The average molecular weight is 229 g/mol. The minimum Gasteiger partial charge on any atom is -0.469 e. The van der Waals surface area contributed by atoms with Gasteiger partial charge in [0.15, 0.2) is 0 Å². The summed E-state index contributed by atoms with van der Waals surface area (Å²) in [6.45, 7) is 0. The van der Waals surface area contributed by atoms with Crippen molar-refractivity contribution >= 4 is 5.97 Å². The molecule has 0 saturated heterocycles.